The Bertz CT molecular complexity index is 2140. The number of nitrogens with one attached hydrogen (secondary N) is 4. The van der Waals surface area contributed by atoms with Gasteiger partial charge in [0, 0.05) is 12.1 Å². The maximum Gasteiger partial charge on any atom is 0.408 e. The summed E-state index contributed by atoms with van der Waals surface area (Å²) in [6.07, 6.45) is 6.09. The minimum absolute atomic E-state index is 0.100. The third-order valence-corrected chi connectivity index (χ3v) is 12.5. The molecule has 0 unspecified atom stereocenters. The van der Waals surface area contributed by atoms with Gasteiger partial charge in [-0.3, -0.25) is 9.59 Å². The number of carbonyl (C=O) groups excluding carboxylic acids is 4. The van der Waals surface area contributed by atoms with Gasteiger partial charge in [-0.2, -0.15) is 0 Å². The van der Waals surface area contributed by atoms with Gasteiger partial charge in [0.15, 0.2) is 0 Å². The molecule has 62 heavy (non-hydrogen) atoms. The van der Waals surface area contributed by atoms with E-state index in [-0.39, 0.29) is 47.8 Å². The first-order valence-corrected chi connectivity index (χ1v) is 22.2. The normalized spacial score (nSPS) is 23.7. The molecule has 4 amide bonds. The third-order valence-electron chi connectivity index (χ3n) is 12.5. The predicted molar refractivity (Wildman–Crippen MR) is 235 cm³/mol. The van der Waals surface area contributed by atoms with Crippen LogP contribution in [0.1, 0.15) is 119 Å². The first-order valence-electron chi connectivity index (χ1n) is 22.2. The molecule has 14 nitrogen and oxygen atoms in total. The van der Waals surface area contributed by atoms with Crippen molar-refractivity contribution in [3.8, 4) is 33.6 Å². The van der Waals surface area contributed by atoms with Crippen LogP contribution in [0.3, 0.4) is 0 Å². The van der Waals surface area contributed by atoms with Crippen molar-refractivity contribution in [2.45, 2.75) is 142 Å². The molecular formula is C48H62N8O6. The van der Waals surface area contributed by atoms with Crippen molar-refractivity contribution in [1.82, 2.24) is 40.4 Å². The van der Waals surface area contributed by atoms with E-state index in [4.69, 9.17) is 19.4 Å². The Morgan fingerprint density at radius 1 is 0.581 bits per heavy atom. The van der Waals surface area contributed by atoms with Crippen molar-refractivity contribution in [2.24, 2.45) is 23.7 Å². The molecule has 4 aliphatic rings. The number of aromatic amines is 2. The highest BCUT2D eigenvalue weighted by Crippen LogP contribution is 2.54. The van der Waals surface area contributed by atoms with Gasteiger partial charge < -0.3 is 39.9 Å². The molecule has 0 spiro atoms. The number of aromatic nitrogens is 4. The Kier molecular flexibility index (Phi) is 11.3. The number of likely N-dealkylation sites (tertiary alicyclic amines) is 2. The number of fused-ring (bicyclic) bond motifs is 2. The Hall–Kier alpha value is -5.66. The second-order valence-corrected chi connectivity index (χ2v) is 20.4. The number of benzene rings is 2. The van der Waals surface area contributed by atoms with Gasteiger partial charge in [-0.15, -0.1) is 0 Å². The molecule has 4 aromatic rings. The number of amides is 4. The van der Waals surface area contributed by atoms with Crippen LogP contribution in [-0.4, -0.2) is 89.1 Å². The molecule has 2 aromatic carbocycles. The number of nitrogens with zero attached hydrogens (tertiary/aromatic N) is 4. The van der Waals surface area contributed by atoms with Gasteiger partial charge in [-0.1, -0.05) is 76.2 Å². The van der Waals surface area contributed by atoms with Crippen LogP contribution in [0.25, 0.3) is 33.6 Å². The van der Waals surface area contributed by atoms with Gasteiger partial charge in [-0.05, 0) is 113 Å². The molecule has 4 N–H and O–H groups in total. The minimum atomic E-state index is -0.703. The lowest BCUT2D eigenvalue weighted by atomic mass is 10.0. The van der Waals surface area contributed by atoms with Crippen molar-refractivity contribution in [3.05, 3.63) is 72.6 Å². The minimum Gasteiger partial charge on any atom is -0.444 e. The molecule has 8 atom stereocenters. The van der Waals surface area contributed by atoms with Crippen LogP contribution >= 0.6 is 0 Å². The molecule has 0 bridgehead atoms. The number of ether oxygens (including phenoxy) is 2. The lowest BCUT2D eigenvalue weighted by molar-refractivity contribution is -0.137. The zero-order valence-electron chi connectivity index (χ0n) is 37.6. The number of imidazole rings is 2. The largest absolute Gasteiger partial charge is 0.444 e. The smallest absolute Gasteiger partial charge is 0.408 e. The van der Waals surface area contributed by atoms with E-state index in [9.17, 15) is 19.2 Å². The molecule has 14 heteroatoms. The monoisotopic (exact) mass is 846 g/mol. The summed E-state index contributed by atoms with van der Waals surface area (Å²) < 4.78 is 11.0. The highest BCUT2D eigenvalue weighted by Gasteiger charge is 2.57. The van der Waals surface area contributed by atoms with Crippen LogP contribution in [0.5, 0.6) is 0 Å². The maximum atomic E-state index is 14.0. The number of rotatable bonds is 11. The Balaban J connectivity index is 0.915. The van der Waals surface area contributed by atoms with Gasteiger partial charge in [0.25, 0.3) is 0 Å². The molecule has 8 rings (SSSR count). The van der Waals surface area contributed by atoms with Gasteiger partial charge in [0.2, 0.25) is 11.8 Å². The van der Waals surface area contributed by atoms with Crippen molar-refractivity contribution in [1.29, 1.82) is 0 Å². The predicted octanol–water partition coefficient (Wildman–Crippen LogP) is 8.56. The second-order valence-electron chi connectivity index (χ2n) is 20.4. The molecule has 2 saturated carbocycles. The van der Waals surface area contributed by atoms with E-state index in [0.29, 0.717) is 11.8 Å². The van der Waals surface area contributed by atoms with Crippen molar-refractivity contribution in [3.63, 3.8) is 0 Å². The average molecular weight is 847 g/mol. The summed E-state index contributed by atoms with van der Waals surface area (Å²) >= 11 is 0. The molecule has 4 fully saturated rings. The van der Waals surface area contributed by atoms with E-state index in [0.717, 1.165) is 71.0 Å². The molecule has 330 valence electrons. The first-order chi connectivity index (χ1) is 29.2. The van der Waals surface area contributed by atoms with E-state index in [2.05, 4.69) is 69.1 Å². The molecule has 2 aliphatic heterocycles. The van der Waals surface area contributed by atoms with Crippen LogP contribution in [-0.2, 0) is 19.1 Å². The maximum absolute atomic E-state index is 14.0. The number of hydrogen-bond acceptors (Lipinski definition) is 8. The molecule has 4 heterocycles. The van der Waals surface area contributed by atoms with Gasteiger partial charge in [0.1, 0.15) is 34.9 Å². The summed E-state index contributed by atoms with van der Waals surface area (Å²) in [5.74, 6) is 1.94. The van der Waals surface area contributed by atoms with Crippen molar-refractivity contribution < 1.29 is 28.7 Å². The van der Waals surface area contributed by atoms with Crippen molar-refractivity contribution in [2.75, 3.05) is 0 Å². The molecular weight excluding hydrogens is 785 g/mol. The number of H-pyrrole nitrogens is 2. The summed E-state index contributed by atoms with van der Waals surface area (Å²) in [5, 5.41) is 5.69. The third kappa shape index (κ3) is 9.10. The van der Waals surface area contributed by atoms with Gasteiger partial charge >= 0.3 is 12.2 Å². The van der Waals surface area contributed by atoms with E-state index in [1.54, 1.807) is 41.5 Å². The topological polar surface area (TPSA) is 175 Å². The summed E-state index contributed by atoms with van der Waals surface area (Å²) in [6.45, 7) is 18.6. The van der Waals surface area contributed by atoms with Crippen LogP contribution in [0.15, 0.2) is 60.9 Å². The van der Waals surface area contributed by atoms with E-state index >= 15 is 0 Å². The second kappa shape index (κ2) is 16.2. The summed E-state index contributed by atoms with van der Waals surface area (Å²) in [4.78, 5) is 73.9. The Morgan fingerprint density at radius 2 is 0.919 bits per heavy atom. The average Bonchev–Trinajstić information content (AvgIpc) is 3.78. The summed E-state index contributed by atoms with van der Waals surface area (Å²) in [5.41, 5.74) is 4.51. The Labute approximate surface area is 364 Å². The number of hydrogen-bond donors (Lipinski definition) is 4. The highest BCUT2D eigenvalue weighted by molar-refractivity contribution is 5.88. The summed E-state index contributed by atoms with van der Waals surface area (Å²) in [7, 11) is 0. The van der Waals surface area contributed by atoms with E-state index < -0.39 is 35.5 Å². The Morgan fingerprint density at radius 3 is 1.24 bits per heavy atom. The van der Waals surface area contributed by atoms with Crippen LogP contribution in [0, 0.1) is 23.7 Å². The fourth-order valence-corrected chi connectivity index (χ4v) is 9.24. The SMILES string of the molecule is CC(C)[C@H](NC(=O)OC(C)(C)C)C(=O)N1[C@@H]2C[C@@H]2C[C@H]1c1ncc(-c2ccc(-c3ccc(-c4cnc([C@@H]5C[C@H]6C[C@H]6N5C(=O)[C@@H](NC(=O)OC(C)(C)C)C(C)C)[nH]4)cc3)cc2)[nH]1. The van der Waals surface area contributed by atoms with Crippen LogP contribution in [0.2, 0.25) is 0 Å². The lowest BCUT2D eigenvalue weighted by Crippen LogP contribution is -2.52. The highest BCUT2D eigenvalue weighted by atomic mass is 16.6. The fourth-order valence-electron chi connectivity index (χ4n) is 9.24. The fraction of sp³-hybridized carbons (Fsp3) is 0.542. The molecule has 0 radical (unpaired) electrons. The van der Waals surface area contributed by atoms with Gasteiger partial charge in [0.05, 0.1) is 35.9 Å². The van der Waals surface area contributed by atoms with Crippen LogP contribution < -0.4 is 10.6 Å². The van der Waals surface area contributed by atoms with Crippen molar-refractivity contribution >= 4 is 24.0 Å². The van der Waals surface area contributed by atoms with E-state index in [1.807, 2.05) is 49.9 Å². The molecule has 2 aromatic heterocycles. The van der Waals surface area contributed by atoms with Gasteiger partial charge in [-0.25, -0.2) is 19.6 Å². The molecule has 2 saturated heterocycles. The zero-order valence-corrected chi connectivity index (χ0v) is 37.6. The summed E-state index contributed by atoms with van der Waals surface area (Å²) in [6, 6.07) is 15.2. The standard InChI is InChI=1S/C48H62N8O6/c1-25(2)39(53-45(59)61-47(5,6)7)43(57)55-35-19-31(35)21-37(55)41-49-23-33(51-41)29-15-11-27(12-16-29)28-13-17-30(18-14-28)34-24-50-42(52-34)38-22-32-20-36(32)56(38)44(58)40(26(3)4)54-46(60)62-48(8,9)10/h11-18,23-26,31-32,35-40H,19-22H2,1-10H3,(H,49,51)(H,50,52)(H,53,59)(H,54,60)/t31-,32-,35-,36-,37+,38+,39+,40+/m1/s1. The van der Waals surface area contributed by atoms with Crippen LogP contribution in [0.4, 0.5) is 9.59 Å². The lowest BCUT2D eigenvalue weighted by Gasteiger charge is -2.32. The first kappa shape index (κ1) is 43.0. The number of alkyl carbamates (subject to hydrolysis) is 2. The van der Waals surface area contributed by atoms with E-state index in [1.165, 1.54) is 0 Å². The number of piperidine rings is 2. The number of carbonyl (C=O) groups is 4. The quantitative estimate of drug-likeness (QED) is 0.116. The molecule has 2 aliphatic carbocycles. The zero-order chi connectivity index (χ0) is 44.4.